The first-order chi connectivity index (χ1) is 11.2. The zero-order valence-electron chi connectivity index (χ0n) is 13.0. The summed E-state index contributed by atoms with van der Waals surface area (Å²) in [4.78, 5) is 8.70. The molecule has 2 N–H and O–H groups in total. The minimum absolute atomic E-state index is 0.0722. The number of methoxy groups -OCH3 is 2. The van der Waals surface area contributed by atoms with E-state index < -0.39 is 0 Å². The molecule has 0 saturated carbocycles. The largest absolute Gasteiger partial charge is 0.504 e. The molecule has 2 heterocycles. The van der Waals surface area contributed by atoms with E-state index in [1.54, 1.807) is 31.6 Å². The van der Waals surface area contributed by atoms with Gasteiger partial charge in [-0.3, -0.25) is 9.38 Å². The molecule has 0 atom stereocenters. The van der Waals surface area contributed by atoms with Crippen LogP contribution in [0.15, 0.2) is 36.8 Å². The maximum absolute atomic E-state index is 10.0. The van der Waals surface area contributed by atoms with Gasteiger partial charge in [0.2, 0.25) is 0 Å². The summed E-state index contributed by atoms with van der Waals surface area (Å²) in [7, 11) is 3.17. The Morgan fingerprint density at radius 1 is 1.30 bits per heavy atom. The highest BCUT2D eigenvalue weighted by Gasteiger charge is 2.15. The summed E-state index contributed by atoms with van der Waals surface area (Å²) in [6, 6.07) is 5.21. The van der Waals surface area contributed by atoms with Crippen LogP contribution in [0.2, 0.25) is 0 Å². The van der Waals surface area contributed by atoms with Crippen LogP contribution in [0.5, 0.6) is 11.5 Å². The molecule has 0 aliphatic carbocycles. The molecular formula is C16H18N4O3. The van der Waals surface area contributed by atoms with E-state index in [1.807, 2.05) is 16.7 Å². The lowest BCUT2D eigenvalue weighted by Crippen LogP contribution is -2.10. The third-order valence-electron chi connectivity index (χ3n) is 3.48. The maximum atomic E-state index is 10.0. The Morgan fingerprint density at radius 3 is 2.91 bits per heavy atom. The van der Waals surface area contributed by atoms with Gasteiger partial charge in [0.15, 0.2) is 17.1 Å². The van der Waals surface area contributed by atoms with Crippen molar-refractivity contribution in [2.45, 2.75) is 0 Å². The average Bonchev–Trinajstić information content (AvgIpc) is 2.94. The molecule has 2 aromatic heterocycles. The lowest BCUT2D eigenvalue weighted by atomic mass is 10.1. The molecule has 3 rings (SSSR count). The highest BCUT2D eigenvalue weighted by molar-refractivity contribution is 5.77. The van der Waals surface area contributed by atoms with E-state index in [2.05, 4.69) is 15.3 Å². The number of nitrogens with zero attached hydrogens (tertiary/aromatic N) is 3. The van der Waals surface area contributed by atoms with Crippen molar-refractivity contribution < 1.29 is 14.6 Å². The van der Waals surface area contributed by atoms with Crippen molar-refractivity contribution in [1.29, 1.82) is 0 Å². The smallest absolute Gasteiger partial charge is 0.160 e. The normalized spacial score (nSPS) is 10.9. The van der Waals surface area contributed by atoms with Gasteiger partial charge >= 0.3 is 0 Å². The molecule has 0 fully saturated rings. The Morgan fingerprint density at radius 2 is 2.17 bits per heavy atom. The molecular weight excluding hydrogens is 296 g/mol. The summed E-state index contributed by atoms with van der Waals surface area (Å²) < 4.78 is 12.1. The lowest BCUT2D eigenvalue weighted by Gasteiger charge is -2.09. The molecule has 7 nitrogen and oxygen atoms in total. The van der Waals surface area contributed by atoms with E-state index in [-0.39, 0.29) is 5.75 Å². The zero-order chi connectivity index (χ0) is 16.2. The van der Waals surface area contributed by atoms with Gasteiger partial charge in [0.1, 0.15) is 11.5 Å². The second kappa shape index (κ2) is 6.53. The van der Waals surface area contributed by atoms with Gasteiger partial charge in [-0.2, -0.15) is 0 Å². The molecule has 0 spiro atoms. The number of hydrogen-bond acceptors (Lipinski definition) is 6. The third kappa shape index (κ3) is 2.91. The highest BCUT2D eigenvalue weighted by atomic mass is 16.5. The van der Waals surface area contributed by atoms with Crippen LogP contribution in [0, 0.1) is 0 Å². The second-order valence-electron chi connectivity index (χ2n) is 4.92. The van der Waals surface area contributed by atoms with Crippen LogP contribution >= 0.6 is 0 Å². The molecule has 7 heteroatoms. The van der Waals surface area contributed by atoms with Gasteiger partial charge in [0.05, 0.1) is 19.9 Å². The number of phenols is 1. The van der Waals surface area contributed by atoms with Crippen LogP contribution in [0.3, 0.4) is 0 Å². The van der Waals surface area contributed by atoms with Crippen LogP contribution in [0.4, 0.5) is 5.82 Å². The van der Waals surface area contributed by atoms with E-state index in [1.165, 1.54) is 7.11 Å². The Bertz CT molecular complexity index is 816. The van der Waals surface area contributed by atoms with E-state index >= 15 is 0 Å². The first-order valence-corrected chi connectivity index (χ1v) is 7.17. The van der Waals surface area contributed by atoms with E-state index in [4.69, 9.17) is 9.47 Å². The number of imidazole rings is 1. The molecule has 0 saturated heterocycles. The van der Waals surface area contributed by atoms with Crippen molar-refractivity contribution in [3.63, 3.8) is 0 Å². The fourth-order valence-electron chi connectivity index (χ4n) is 2.39. The molecule has 0 amide bonds. The van der Waals surface area contributed by atoms with E-state index in [0.29, 0.717) is 18.9 Å². The Labute approximate surface area is 133 Å². The quantitative estimate of drug-likeness (QED) is 0.679. The van der Waals surface area contributed by atoms with Gasteiger partial charge in [-0.05, 0) is 18.2 Å². The SMILES string of the molecule is COCCNc1c(-c2ccc(OC)c(O)c2)nc2cnccn12. The van der Waals surface area contributed by atoms with Crippen molar-refractivity contribution in [2.24, 2.45) is 0 Å². The third-order valence-corrected chi connectivity index (χ3v) is 3.48. The summed E-state index contributed by atoms with van der Waals surface area (Å²) in [5.41, 5.74) is 2.23. The number of aromatic hydroxyl groups is 1. The summed E-state index contributed by atoms with van der Waals surface area (Å²) in [6.45, 7) is 1.22. The summed E-state index contributed by atoms with van der Waals surface area (Å²) in [5, 5.41) is 13.3. The Hall–Kier alpha value is -2.80. The molecule has 3 aromatic rings. The number of aromatic nitrogens is 3. The lowest BCUT2D eigenvalue weighted by molar-refractivity contribution is 0.210. The van der Waals surface area contributed by atoms with Gasteiger partial charge < -0.3 is 19.9 Å². The predicted octanol–water partition coefficient (Wildman–Crippen LogP) is 2.17. The van der Waals surface area contributed by atoms with Crippen LogP contribution < -0.4 is 10.1 Å². The molecule has 1 aromatic carbocycles. The number of phenolic OH excluding ortho intramolecular Hbond substituents is 1. The topological polar surface area (TPSA) is 80.9 Å². The standard InChI is InChI=1S/C16H18N4O3/c1-22-8-6-18-16-15(19-14-10-17-5-7-20(14)16)11-3-4-13(23-2)12(21)9-11/h3-5,7,9-10,18,21H,6,8H2,1-2H3. The van der Waals surface area contributed by atoms with Crippen molar-refractivity contribution >= 4 is 11.5 Å². The summed E-state index contributed by atoms with van der Waals surface area (Å²) in [6.07, 6.45) is 5.23. The van der Waals surface area contributed by atoms with E-state index in [9.17, 15) is 5.11 Å². The van der Waals surface area contributed by atoms with Gasteiger partial charge in [-0.1, -0.05) is 0 Å². The average molecular weight is 314 g/mol. The number of fused-ring (bicyclic) bond motifs is 1. The van der Waals surface area contributed by atoms with Crippen molar-refractivity contribution in [3.8, 4) is 22.8 Å². The number of anilines is 1. The fourth-order valence-corrected chi connectivity index (χ4v) is 2.39. The maximum Gasteiger partial charge on any atom is 0.160 e. The fraction of sp³-hybridized carbons (Fsp3) is 0.250. The predicted molar refractivity (Wildman–Crippen MR) is 87.0 cm³/mol. The minimum Gasteiger partial charge on any atom is -0.504 e. The highest BCUT2D eigenvalue weighted by Crippen LogP contribution is 2.34. The van der Waals surface area contributed by atoms with Crippen molar-refractivity contribution in [1.82, 2.24) is 14.4 Å². The molecule has 0 radical (unpaired) electrons. The molecule has 23 heavy (non-hydrogen) atoms. The molecule has 0 aliphatic rings. The summed E-state index contributed by atoms with van der Waals surface area (Å²) in [5.74, 6) is 1.32. The number of ether oxygens (including phenoxy) is 2. The number of rotatable bonds is 6. The van der Waals surface area contributed by atoms with Gasteiger partial charge in [0.25, 0.3) is 0 Å². The molecule has 0 unspecified atom stereocenters. The monoisotopic (exact) mass is 314 g/mol. The minimum atomic E-state index is 0.0722. The Balaban J connectivity index is 2.08. The molecule has 120 valence electrons. The second-order valence-corrected chi connectivity index (χ2v) is 4.92. The zero-order valence-corrected chi connectivity index (χ0v) is 13.0. The van der Waals surface area contributed by atoms with E-state index in [0.717, 1.165) is 22.7 Å². The first-order valence-electron chi connectivity index (χ1n) is 7.17. The van der Waals surface area contributed by atoms with Gasteiger partial charge in [0, 0.05) is 31.6 Å². The Kier molecular flexibility index (Phi) is 4.29. The van der Waals surface area contributed by atoms with Crippen LogP contribution in [-0.4, -0.2) is 46.8 Å². The van der Waals surface area contributed by atoms with Crippen LogP contribution in [0.1, 0.15) is 0 Å². The van der Waals surface area contributed by atoms with Gasteiger partial charge in [-0.15, -0.1) is 0 Å². The molecule has 0 bridgehead atoms. The van der Waals surface area contributed by atoms with Gasteiger partial charge in [-0.25, -0.2) is 4.98 Å². The molecule has 0 aliphatic heterocycles. The summed E-state index contributed by atoms with van der Waals surface area (Å²) >= 11 is 0. The van der Waals surface area contributed by atoms with Crippen LogP contribution in [-0.2, 0) is 4.74 Å². The number of nitrogens with one attached hydrogen (secondary N) is 1. The number of hydrogen-bond donors (Lipinski definition) is 2. The first kappa shape index (κ1) is 15.1. The van der Waals surface area contributed by atoms with Crippen molar-refractivity contribution in [2.75, 3.05) is 32.7 Å². The number of benzene rings is 1. The van der Waals surface area contributed by atoms with Crippen molar-refractivity contribution in [3.05, 3.63) is 36.8 Å². The van der Waals surface area contributed by atoms with Crippen LogP contribution in [0.25, 0.3) is 16.9 Å².